The van der Waals surface area contributed by atoms with Crippen LogP contribution in [0.25, 0.3) is 0 Å². The third-order valence-corrected chi connectivity index (χ3v) is 6.10. The molecule has 1 saturated heterocycles. The maximum absolute atomic E-state index is 12.8. The zero-order chi connectivity index (χ0) is 18.7. The fourth-order valence-electron chi connectivity index (χ4n) is 3.29. The van der Waals surface area contributed by atoms with Crippen molar-refractivity contribution in [3.63, 3.8) is 0 Å². The summed E-state index contributed by atoms with van der Waals surface area (Å²) in [6, 6.07) is 16.0. The topological polar surface area (TPSA) is 70.0 Å². The summed E-state index contributed by atoms with van der Waals surface area (Å²) >= 11 is 0. The molecule has 0 amide bonds. The largest absolute Gasteiger partial charge is 0.388 e. The van der Waals surface area contributed by atoms with Crippen molar-refractivity contribution in [1.29, 1.82) is 0 Å². The minimum atomic E-state index is -3.82. The molecule has 3 rings (SSSR count). The number of likely N-dealkylation sites (tertiary alicyclic amines) is 1. The minimum Gasteiger partial charge on any atom is -0.388 e. The van der Waals surface area contributed by atoms with Gasteiger partial charge in [0.1, 0.15) is 5.84 Å². The number of benzene rings is 2. The molecule has 0 radical (unpaired) electrons. The van der Waals surface area contributed by atoms with Crippen LogP contribution in [0.1, 0.15) is 30.6 Å². The Labute approximate surface area is 155 Å². The second-order valence-electron chi connectivity index (χ2n) is 6.57. The molecule has 0 spiro atoms. The molecule has 1 N–H and O–H groups in total. The molecule has 0 unspecified atom stereocenters. The molecule has 5 nitrogen and oxygen atoms in total. The van der Waals surface area contributed by atoms with Crippen molar-refractivity contribution in [3.8, 4) is 0 Å². The fourth-order valence-corrected chi connectivity index (χ4v) is 4.37. The highest BCUT2D eigenvalue weighted by Gasteiger charge is 2.36. The van der Waals surface area contributed by atoms with Crippen molar-refractivity contribution in [2.24, 2.45) is 10.3 Å². The van der Waals surface area contributed by atoms with Gasteiger partial charge >= 0.3 is 0 Å². The van der Waals surface area contributed by atoms with Crippen LogP contribution in [0, 0.1) is 12.8 Å². The number of sulfonamides is 1. The van der Waals surface area contributed by atoms with Gasteiger partial charge < -0.3 is 10.0 Å². The second-order valence-corrected chi connectivity index (χ2v) is 8.17. The van der Waals surface area contributed by atoms with Crippen LogP contribution in [-0.2, 0) is 10.0 Å². The summed E-state index contributed by atoms with van der Waals surface area (Å²) in [4.78, 5) is 2.11. The van der Waals surface area contributed by atoms with E-state index in [0.717, 1.165) is 11.1 Å². The Morgan fingerprint density at radius 2 is 1.81 bits per heavy atom. The van der Waals surface area contributed by atoms with Crippen LogP contribution in [0.3, 0.4) is 0 Å². The normalized spacial score (nSPS) is 20.5. The number of hydrogen-bond acceptors (Lipinski definition) is 3. The lowest BCUT2D eigenvalue weighted by Crippen LogP contribution is -2.30. The maximum Gasteiger partial charge on any atom is 0.283 e. The molecule has 2 aromatic rings. The van der Waals surface area contributed by atoms with Gasteiger partial charge in [0.2, 0.25) is 0 Å². The van der Waals surface area contributed by atoms with Crippen LogP contribution in [0.5, 0.6) is 0 Å². The summed E-state index contributed by atoms with van der Waals surface area (Å²) in [7, 11) is -3.82. The lowest BCUT2D eigenvalue weighted by molar-refractivity contribution is 0.141. The summed E-state index contributed by atoms with van der Waals surface area (Å²) in [5.41, 5.74) is 1.76. The molecule has 138 valence electrons. The summed E-state index contributed by atoms with van der Waals surface area (Å²) in [6.45, 7) is 5.21. The number of hydrogen-bond donors (Lipinski definition) is 1. The molecular formula is C20H24N2O3S. The molecule has 1 aliphatic heterocycles. The molecule has 26 heavy (non-hydrogen) atoms. The van der Waals surface area contributed by atoms with Gasteiger partial charge in [-0.2, -0.15) is 8.42 Å². The van der Waals surface area contributed by atoms with Crippen LogP contribution < -0.4 is 0 Å². The summed E-state index contributed by atoms with van der Waals surface area (Å²) in [6.07, 6.45) is -0.105. The third kappa shape index (κ3) is 3.81. The Kier molecular flexibility index (Phi) is 5.44. The molecule has 0 bridgehead atoms. The average Bonchev–Trinajstić information content (AvgIpc) is 3.04. The lowest BCUT2D eigenvalue weighted by Gasteiger charge is -2.22. The van der Waals surface area contributed by atoms with Gasteiger partial charge in [-0.15, -0.1) is 4.40 Å². The molecule has 1 aliphatic rings. The molecule has 0 aromatic heterocycles. The van der Waals surface area contributed by atoms with E-state index in [1.807, 2.05) is 49.1 Å². The first kappa shape index (κ1) is 18.6. The highest BCUT2D eigenvalue weighted by molar-refractivity contribution is 7.90. The Morgan fingerprint density at radius 1 is 1.15 bits per heavy atom. The Bertz CT molecular complexity index is 877. The standard InChI is InChI=1S/C20H24N2O3S/c1-3-22-14-13-18(19(23)16-7-5-4-6-8-16)20(22)21-26(24,25)17-11-9-15(2)10-12-17/h4-12,18-19,23H,3,13-14H2,1-2H3/b21-20-/t18-,19-/m1/s1. The summed E-state index contributed by atoms with van der Waals surface area (Å²) < 4.78 is 29.7. The van der Waals surface area contributed by atoms with Gasteiger partial charge in [0, 0.05) is 19.0 Å². The maximum atomic E-state index is 12.8. The van der Waals surface area contributed by atoms with Crippen LogP contribution in [0.2, 0.25) is 0 Å². The zero-order valence-corrected chi connectivity index (χ0v) is 15.9. The first-order valence-corrected chi connectivity index (χ1v) is 10.3. The summed E-state index contributed by atoms with van der Waals surface area (Å²) in [5.74, 6) is 0.113. The SMILES string of the molecule is CCN1CC[C@H]([C@H](O)c2ccccc2)/C1=N/S(=O)(=O)c1ccc(C)cc1. The van der Waals surface area contributed by atoms with Crippen molar-refractivity contribution in [3.05, 3.63) is 65.7 Å². The quantitative estimate of drug-likeness (QED) is 0.875. The van der Waals surface area contributed by atoms with Crippen LogP contribution >= 0.6 is 0 Å². The second kappa shape index (κ2) is 7.60. The summed E-state index contributed by atoms with van der Waals surface area (Å²) in [5, 5.41) is 10.8. The van der Waals surface area contributed by atoms with Gasteiger partial charge in [0.25, 0.3) is 10.0 Å². The van der Waals surface area contributed by atoms with E-state index in [0.29, 0.717) is 25.3 Å². The molecule has 1 fully saturated rings. The first-order valence-electron chi connectivity index (χ1n) is 8.82. The molecule has 1 heterocycles. The van der Waals surface area contributed by atoms with E-state index in [-0.39, 0.29) is 10.8 Å². The number of rotatable bonds is 5. The van der Waals surface area contributed by atoms with Gasteiger partial charge in [0.15, 0.2) is 0 Å². The molecule has 2 aromatic carbocycles. The van der Waals surface area contributed by atoms with Crippen molar-refractivity contribution in [2.45, 2.75) is 31.3 Å². The molecule has 6 heteroatoms. The number of amidine groups is 1. The van der Waals surface area contributed by atoms with E-state index >= 15 is 0 Å². The number of aryl methyl sites for hydroxylation is 1. The number of aliphatic hydroxyl groups excluding tert-OH is 1. The van der Waals surface area contributed by atoms with E-state index in [1.165, 1.54) is 0 Å². The van der Waals surface area contributed by atoms with Crippen molar-refractivity contribution >= 4 is 15.9 Å². The first-order chi connectivity index (χ1) is 12.4. The van der Waals surface area contributed by atoms with Crippen molar-refractivity contribution in [1.82, 2.24) is 4.90 Å². The van der Waals surface area contributed by atoms with Gasteiger partial charge in [-0.25, -0.2) is 0 Å². The van der Waals surface area contributed by atoms with Crippen molar-refractivity contribution < 1.29 is 13.5 Å². The monoisotopic (exact) mass is 372 g/mol. The smallest absolute Gasteiger partial charge is 0.283 e. The number of aliphatic hydroxyl groups is 1. The lowest BCUT2D eigenvalue weighted by atomic mass is 9.94. The fraction of sp³-hybridized carbons (Fsp3) is 0.350. The Hall–Kier alpha value is -2.18. The Morgan fingerprint density at radius 3 is 2.42 bits per heavy atom. The zero-order valence-electron chi connectivity index (χ0n) is 15.0. The van der Waals surface area contributed by atoms with Gasteiger partial charge in [-0.3, -0.25) is 0 Å². The highest BCUT2D eigenvalue weighted by Crippen LogP contribution is 2.33. The molecular weight excluding hydrogens is 348 g/mol. The third-order valence-electron chi connectivity index (χ3n) is 4.80. The van der Waals surface area contributed by atoms with E-state index < -0.39 is 16.1 Å². The van der Waals surface area contributed by atoms with Gasteiger partial charge in [0.05, 0.1) is 11.0 Å². The molecule has 0 saturated carbocycles. The van der Waals surface area contributed by atoms with Crippen LogP contribution in [0.4, 0.5) is 0 Å². The van der Waals surface area contributed by atoms with E-state index in [4.69, 9.17) is 0 Å². The van der Waals surface area contributed by atoms with Gasteiger partial charge in [-0.05, 0) is 38.0 Å². The predicted molar refractivity (Wildman–Crippen MR) is 103 cm³/mol. The molecule has 2 atom stereocenters. The van der Waals surface area contributed by atoms with Crippen LogP contribution in [0.15, 0.2) is 63.9 Å². The predicted octanol–water partition coefficient (Wildman–Crippen LogP) is 3.16. The number of nitrogens with zero attached hydrogens (tertiary/aromatic N) is 2. The van der Waals surface area contributed by atoms with E-state index in [9.17, 15) is 13.5 Å². The van der Waals surface area contributed by atoms with E-state index in [1.54, 1.807) is 24.3 Å². The van der Waals surface area contributed by atoms with Crippen molar-refractivity contribution in [2.75, 3.05) is 13.1 Å². The van der Waals surface area contributed by atoms with Crippen LogP contribution in [-0.4, -0.2) is 37.3 Å². The minimum absolute atomic E-state index is 0.173. The average molecular weight is 372 g/mol. The Balaban J connectivity index is 1.97. The molecule has 0 aliphatic carbocycles. The highest BCUT2D eigenvalue weighted by atomic mass is 32.2. The van der Waals surface area contributed by atoms with Gasteiger partial charge in [-0.1, -0.05) is 48.0 Å². The van der Waals surface area contributed by atoms with E-state index in [2.05, 4.69) is 4.40 Å².